The molecule has 0 aromatic carbocycles. The normalized spacial score (nSPS) is 49.0. The zero-order valence-corrected chi connectivity index (χ0v) is 22.9. The highest BCUT2D eigenvalue weighted by Gasteiger charge is 2.83. The smallest absolute Gasteiger partial charge is 0.335 e. The predicted molar refractivity (Wildman–Crippen MR) is 137 cm³/mol. The zero-order chi connectivity index (χ0) is 28.2. The van der Waals surface area contributed by atoms with Gasteiger partial charge in [0.2, 0.25) is 0 Å². The maximum Gasteiger partial charge on any atom is 0.335 e. The van der Waals surface area contributed by atoms with Gasteiger partial charge in [-0.05, 0) is 38.2 Å². The van der Waals surface area contributed by atoms with Crippen molar-refractivity contribution in [2.24, 2.45) is 16.7 Å². The van der Waals surface area contributed by atoms with Crippen LogP contribution < -0.4 is 0 Å². The van der Waals surface area contributed by atoms with Crippen molar-refractivity contribution in [3.05, 3.63) is 36.0 Å². The van der Waals surface area contributed by atoms with E-state index in [1.54, 1.807) is 26.0 Å². The number of carbonyl (C=O) groups is 2. The van der Waals surface area contributed by atoms with Crippen LogP contribution in [0.4, 0.5) is 0 Å². The van der Waals surface area contributed by atoms with Crippen molar-refractivity contribution < 1.29 is 48.6 Å². The van der Waals surface area contributed by atoms with Gasteiger partial charge in [-0.1, -0.05) is 38.2 Å². The highest BCUT2D eigenvalue weighted by molar-refractivity contribution is 5.82. The second kappa shape index (κ2) is 10.4. The molecule has 3 fully saturated rings. The average Bonchev–Trinajstić information content (AvgIpc) is 3.67. The summed E-state index contributed by atoms with van der Waals surface area (Å²) in [7, 11) is 0. The number of esters is 2. The lowest BCUT2D eigenvalue weighted by atomic mass is 9.51. The maximum atomic E-state index is 13.1. The molecule has 10 nitrogen and oxygen atoms in total. The molecule has 1 saturated carbocycles. The molecule has 0 aromatic rings. The Bertz CT molecular complexity index is 1060. The lowest BCUT2D eigenvalue weighted by Crippen LogP contribution is -2.68. The number of ether oxygens (including phenoxy) is 5. The summed E-state index contributed by atoms with van der Waals surface area (Å²) in [5.41, 5.74) is -1.79. The van der Waals surface area contributed by atoms with Gasteiger partial charge in [-0.2, -0.15) is 0 Å². The van der Waals surface area contributed by atoms with Crippen molar-refractivity contribution in [3.8, 4) is 0 Å². The van der Waals surface area contributed by atoms with E-state index < -0.39 is 70.9 Å². The maximum absolute atomic E-state index is 13.1. The van der Waals surface area contributed by atoms with Gasteiger partial charge in [-0.3, -0.25) is 0 Å². The first-order valence-corrected chi connectivity index (χ1v) is 13.8. The summed E-state index contributed by atoms with van der Waals surface area (Å²) in [6.07, 6.45) is 3.82. The minimum atomic E-state index is -1.40. The van der Waals surface area contributed by atoms with Crippen molar-refractivity contribution in [3.63, 3.8) is 0 Å². The summed E-state index contributed by atoms with van der Waals surface area (Å²) in [6, 6.07) is 0. The Morgan fingerprint density at radius 1 is 1.13 bits per heavy atom. The predicted octanol–water partition coefficient (Wildman–Crippen LogP) is 1.36. The van der Waals surface area contributed by atoms with Crippen LogP contribution >= 0.6 is 0 Å². The number of aliphatic hydroxyl groups is 3. The third-order valence-electron chi connectivity index (χ3n) is 9.83. The van der Waals surface area contributed by atoms with E-state index in [1.165, 1.54) is 12.2 Å². The minimum Gasteiger partial charge on any atom is -0.463 e. The summed E-state index contributed by atoms with van der Waals surface area (Å²) in [6.45, 7) is 7.58. The first-order chi connectivity index (χ1) is 18.4. The molecule has 0 unspecified atom stereocenters. The molecule has 2 aliphatic carbocycles. The van der Waals surface area contributed by atoms with Gasteiger partial charge in [-0.15, -0.1) is 0 Å². The highest BCUT2D eigenvalue weighted by Crippen LogP contribution is 2.72. The quantitative estimate of drug-likeness (QED) is 0.250. The first-order valence-electron chi connectivity index (χ1n) is 13.8. The number of aliphatic hydroxyl groups excluding tert-OH is 3. The van der Waals surface area contributed by atoms with Gasteiger partial charge in [0.05, 0.1) is 36.4 Å². The molecule has 11 atom stereocenters. The fourth-order valence-electron chi connectivity index (χ4n) is 7.05. The molecular weight excluding hydrogens is 508 g/mol. The van der Waals surface area contributed by atoms with E-state index in [1.807, 2.05) is 19.9 Å². The van der Waals surface area contributed by atoms with E-state index in [9.17, 15) is 24.9 Å². The number of hydrogen-bond donors (Lipinski definition) is 3. The van der Waals surface area contributed by atoms with Gasteiger partial charge in [0.1, 0.15) is 24.4 Å². The molecule has 0 aromatic heterocycles. The summed E-state index contributed by atoms with van der Waals surface area (Å²) in [5, 5.41) is 31.8. The lowest BCUT2D eigenvalue weighted by molar-refractivity contribution is -0.240. The van der Waals surface area contributed by atoms with Gasteiger partial charge >= 0.3 is 11.9 Å². The van der Waals surface area contributed by atoms with Gasteiger partial charge in [0.15, 0.2) is 6.10 Å². The SMILES string of the molecule is CC1=C[C@H]2O[C@@H]3C[C@H]4OC(=O)/C=C\C=C\[C@H]([C@H](C)O)OCC[C@@H](C)[C@H](O)C(=O)OC[C@@]2(C[C@H]1O)[C@]4(C)[C@@]31CO1. The summed E-state index contributed by atoms with van der Waals surface area (Å²) >= 11 is 0. The Labute approximate surface area is 228 Å². The van der Waals surface area contributed by atoms with Crippen molar-refractivity contribution in [2.45, 2.75) is 95.3 Å². The van der Waals surface area contributed by atoms with E-state index in [0.717, 1.165) is 5.57 Å². The van der Waals surface area contributed by atoms with Gasteiger partial charge in [0.25, 0.3) is 0 Å². The monoisotopic (exact) mass is 548 g/mol. The lowest BCUT2D eigenvalue weighted by Gasteiger charge is -2.58. The third-order valence-corrected chi connectivity index (χ3v) is 9.83. The number of cyclic esters (lactones) is 1. The van der Waals surface area contributed by atoms with Crippen molar-refractivity contribution in [1.29, 1.82) is 0 Å². The van der Waals surface area contributed by atoms with Crippen LogP contribution in [0, 0.1) is 16.7 Å². The van der Waals surface area contributed by atoms with Crippen molar-refractivity contribution >= 4 is 11.9 Å². The van der Waals surface area contributed by atoms with Crippen LogP contribution in [-0.4, -0.2) is 95.4 Å². The van der Waals surface area contributed by atoms with E-state index in [0.29, 0.717) is 19.4 Å². The van der Waals surface area contributed by atoms with Crippen LogP contribution in [0.5, 0.6) is 0 Å². The molecule has 39 heavy (non-hydrogen) atoms. The van der Waals surface area contributed by atoms with Crippen molar-refractivity contribution in [2.75, 3.05) is 19.8 Å². The van der Waals surface area contributed by atoms with Crippen LogP contribution in [0.25, 0.3) is 0 Å². The molecular formula is C29H40O10. The second-order valence-corrected chi connectivity index (χ2v) is 12.0. The van der Waals surface area contributed by atoms with E-state index in [4.69, 9.17) is 23.7 Å². The molecule has 2 spiro atoms. The van der Waals surface area contributed by atoms with E-state index in [-0.39, 0.29) is 25.7 Å². The van der Waals surface area contributed by atoms with Crippen LogP contribution in [0.1, 0.15) is 47.0 Å². The molecule has 0 amide bonds. The second-order valence-electron chi connectivity index (χ2n) is 12.0. The highest BCUT2D eigenvalue weighted by atomic mass is 16.6. The van der Waals surface area contributed by atoms with Crippen LogP contribution in [0.2, 0.25) is 0 Å². The average molecular weight is 549 g/mol. The molecule has 10 heteroatoms. The molecule has 5 aliphatic rings. The molecule has 5 rings (SSSR count). The Morgan fingerprint density at radius 3 is 2.56 bits per heavy atom. The topological polar surface area (TPSA) is 144 Å². The van der Waals surface area contributed by atoms with Gasteiger partial charge in [-0.25, -0.2) is 9.59 Å². The number of hydrogen-bond acceptors (Lipinski definition) is 10. The van der Waals surface area contributed by atoms with Crippen LogP contribution in [0.15, 0.2) is 36.0 Å². The Balaban J connectivity index is 1.53. The molecule has 0 radical (unpaired) electrons. The first kappa shape index (κ1) is 28.4. The Kier molecular flexibility index (Phi) is 7.58. The minimum absolute atomic E-state index is 0.150. The van der Waals surface area contributed by atoms with E-state index >= 15 is 0 Å². The zero-order valence-electron chi connectivity index (χ0n) is 22.9. The summed E-state index contributed by atoms with van der Waals surface area (Å²) in [5.74, 6) is -1.81. The number of allylic oxidation sites excluding steroid dienone is 2. The molecule has 3 aliphatic heterocycles. The van der Waals surface area contributed by atoms with Gasteiger partial charge in [0, 0.05) is 24.5 Å². The Hall–Kier alpha value is -2.08. The number of rotatable bonds is 1. The van der Waals surface area contributed by atoms with Crippen LogP contribution in [-0.2, 0) is 33.3 Å². The van der Waals surface area contributed by atoms with E-state index in [2.05, 4.69) is 0 Å². The Morgan fingerprint density at radius 2 is 1.87 bits per heavy atom. The largest absolute Gasteiger partial charge is 0.463 e. The van der Waals surface area contributed by atoms with Crippen molar-refractivity contribution in [1.82, 2.24) is 0 Å². The number of epoxide rings is 1. The third kappa shape index (κ3) is 4.59. The molecule has 2 saturated heterocycles. The fourth-order valence-corrected chi connectivity index (χ4v) is 7.05. The molecule has 2 bridgehead atoms. The van der Waals surface area contributed by atoms with Crippen LogP contribution in [0.3, 0.4) is 0 Å². The molecule has 3 heterocycles. The summed E-state index contributed by atoms with van der Waals surface area (Å²) < 4.78 is 30.2. The molecule has 3 N–H and O–H groups in total. The number of carbonyl (C=O) groups excluding carboxylic acids is 2. The summed E-state index contributed by atoms with van der Waals surface area (Å²) in [4.78, 5) is 26.1. The standard InChI is InChI=1S/C29H40O10/c1-16-9-10-35-20(18(3)30)7-5-6-8-24(32)39-21-12-23-29(15-37-29)27(21,4)28(14-36-26(34)25(16)33)13-19(31)17(2)11-22(28)38-23/h5-8,11,16,18-23,25,30-31,33H,9-10,12-15H2,1-4H3/b7-5+,8-6-/t16-,18+,19-,20-,21-,22-,23-,25+,27-,28-,29-/m1/s1. The van der Waals surface area contributed by atoms with Gasteiger partial charge < -0.3 is 39.0 Å². The fraction of sp³-hybridized carbons (Fsp3) is 0.724. The molecule has 216 valence electrons.